The molecular formula is C8H20BNO3. The Morgan fingerprint density at radius 3 is 2.38 bits per heavy atom. The van der Waals surface area contributed by atoms with Gasteiger partial charge in [-0.15, -0.1) is 0 Å². The normalized spacial score (nSPS) is 15.5. The highest BCUT2D eigenvalue weighted by Gasteiger charge is 2.12. The van der Waals surface area contributed by atoms with Gasteiger partial charge in [-0.1, -0.05) is 19.8 Å². The maximum Gasteiger partial charge on any atom is 0.451 e. The maximum absolute atomic E-state index is 9.31. The lowest BCUT2D eigenvalue weighted by atomic mass is 9.83. The molecule has 0 radical (unpaired) electrons. The number of nitrogens with two attached hydrogens (primary N) is 1. The molecule has 0 aliphatic rings. The van der Waals surface area contributed by atoms with Crippen molar-refractivity contribution < 1.29 is 15.2 Å². The predicted octanol–water partition coefficient (Wildman–Crippen LogP) is -0.272. The minimum atomic E-state index is -1.22. The quantitative estimate of drug-likeness (QED) is 0.328. The van der Waals surface area contributed by atoms with Crippen molar-refractivity contribution in [3.8, 4) is 0 Å². The van der Waals surface area contributed by atoms with Crippen molar-refractivity contribution in [1.29, 1.82) is 0 Å². The summed E-state index contributed by atoms with van der Waals surface area (Å²) >= 11 is 0. The van der Waals surface area contributed by atoms with E-state index in [4.69, 9.17) is 15.8 Å². The summed E-state index contributed by atoms with van der Waals surface area (Å²) in [6, 6.07) is -0.180. The molecule has 5 N–H and O–H groups in total. The van der Waals surface area contributed by atoms with Gasteiger partial charge in [-0.2, -0.15) is 0 Å². The first kappa shape index (κ1) is 12.9. The van der Waals surface area contributed by atoms with E-state index in [1.165, 1.54) is 0 Å². The summed E-state index contributed by atoms with van der Waals surface area (Å²) < 4.78 is 0. The summed E-state index contributed by atoms with van der Waals surface area (Å²) in [4.78, 5) is 0. The van der Waals surface area contributed by atoms with Gasteiger partial charge < -0.3 is 20.9 Å². The van der Waals surface area contributed by atoms with Crippen LogP contribution < -0.4 is 5.73 Å². The smallest absolute Gasteiger partial charge is 0.427 e. The molecule has 0 aliphatic carbocycles. The third-order valence-corrected chi connectivity index (χ3v) is 2.16. The van der Waals surface area contributed by atoms with Crippen molar-refractivity contribution in [2.75, 3.05) is 0 Å². The van der Waals surface area contributed by atoms with Crippen molar-refractivity contribution in [2.45, 2.75) is 51.1 Å². The van der Waals surface area contributed by atoms with Crippen LogP contribution >= 0.6 is 0 Å². The van der Waals surface area contributed by atoms with E-state index < -0.39 is 13.2 Å². The summed E-state index contributed by atoms with van der Waals surface area (Å²) in [5.41, 5.74) is 5.67. The van der Waals surface area contributed by atoms with Crippen LogP contribution in [-0.4, -0.2) is 34.4 Å². The third-order valence-electron chi connectivity index (χ3n) is 2.16. The van der Waals surface area contributed by atoms with E-state index in [0.29, 0.717) is 12.7 Å². The van der Waals surface area contributed by atoms with Crippen LogP contribution in [0, 0.1) is 0 Å². The number of aliphatic hydroxyl groups excluding tert-OH is 1. The Kier molecular flexibility index (Phi) is 7.27. The molecule has 2 atom stereocenters. The van der Waals surface area contributed by atoms with Crippen molar-refractivity contribution >= 4 is 7.12 Å². The van der Waals surface area contributed by atoms with Crippen LogP contribution in [0.3, 0.4) is 0 Å². The standard InChI is InChI=1S/C8H20BNO3/c1-2-8(11)7(10)5-3-4-6-9(12)13/h7-8,11-13H,2-6,10H2,1H3. The molecule has 0 aromatic rings. The fourth-order valence-electron chi connectivity index (χ4n) is 1.20. The van der Waals surface area contributed by atoms with Gasteiger partial charge in [0.05, 0.1) is 6.10 Å². The number of unbranched alkanes of at least 4 members (excludes halogenated alkanes) is 1. The van der Waals surface area contributed by atoms with Gasteiger partial charge in [-0.25, -0.2) is 0 Å². The lowest BCUT2D eigenvalue weighted by Gasteiger charge is -2.16. The molecular weight excluding hydrogens is 169 g/mol. The van der Waals surface area contributed by atoms with E-state index in [1.54, 1.807) is 0 Å². The molecule has 0 aromatic heterocycles. The second kappa shape index (κ2) is 7.32. The molecule has 5 heteroatoms. The SMILES string of the molecule is CCC(O)C(N)CCCCB(O)O. The highest BCUT2D eigenvalue weighted by atomic mass is 16.4. The molecule has 13 heavy (non-hydrogen) atoms. The van der Waals surface area contributed by atoms with Crippen molar-refractivity contribution in [3.63, 3.8) is 0 Å². The van der Waals surface area contributed by atoms with Crippen LogP contribution in [0.2, 0.25) is 6.32 Å². The second-order valence-corrected chi connectivity index (χ2v) is 3.40. The third kappa shape index (κ3) is 7.01. The van der Waals surface area contributed by atoms with Crippen LogP contribution in [0.5, 0.6) is 0 Å². The van der Waals surface area contributed by atoms with E-state index in [-0.39, 0.29) is 6.04 Å². The van der Waals surface area contributed by atoms with Gasteiger partial charge in [0.25, 0.3) is 0 Å². The van der Waals surface area contributed by atoms with Gasteiger partial charge in [0.15, 0.2) is 0 Å². The van der Waals surface area contributed by atoms with Crippen LogP contribution in [-0.2, 0) is 0 Å². The molecule has 0 saturated carbocycles. The summed E-state index contributed by atoms with van der Waals surface area (Å²) in [5, 5.41) is 26.4. The predicted molar refractivity (Wildman–Crippen MR) is 53.1 cm³/mol. The van der Waals surface area contributed by atoms with Gasteiger partial charge >= 0.3 is 7.12 Å². The van der Waals surface area contributed by atoms with Crippen molar-refractivity contribution in [2.24, 2.45) is 5.73 Å². The van der Waals surface area contributed by atoms with E-state index in [9.17, 15) is 5.11 Å². The molecule has 2 unspecified atom stereocenters. The Labute approximate surface area is 79.9 Å². The molecule has 78 valence electrons. The zero-order chi connectivity index (χ0) is 10.3. The Morgan fingerprint density at radius 1 is 1.31 bits per heavy atom. The first-order valence-electron chi connectivity index (χ1n) is 4.87. The zero-order valence-electron chi connectivity index (χ0n) is 8.19. The van der Waals surface area contributed by atoms with Crippen LogP contribution in [0.1, 0.15) is 32.6 Å². The number of hydrogen-bond donors (Lipinski definition) is 4. The van der Waals surface area contributed by atoms with Gasteiger partial charge in [0.2, 0.25) is 0 Å². The minimum Gasteiger partial charge on any atom is -0.427 e. The van der Waals surface area contributed by atoms with Gasteiger partial charge in [-0.05, 0) is 19.2 Å². The van der Waals surface area contributed by atoms with Gasteiger partial charge in [0.1, 0.15) is 0 Å². The maximum atomic E-state index is 9.31. The molecule has 0 amide bonds. The van der Waals surface area contributed by atoms with Crippen molar-refractivity contribution in [3.05, 3.63) is 0 Å². The molecule has 0 saturated heterocycles. The lowest BCUT2D eigenvalue weighted by Crippen LogP contribution is -2.33. The topological polar surface area (TPSA) is 86.7 Å². The Balaban J connectivity index is 3.31. The average Bonchev–Trinajstić information content (AvgIpc) is 2.10. The average molecular weight is 189 g/mol. The molecule has 0 heterocycles. The molecule has 0 spiro atoms. The lowest BCUT2D eigenvalue weighted by molar-refractivity contribution is 0.135. The van der Waals surface area contributed by atoms with Crippen molar-refractivity contribution in [1.82, 2.24) is 0 Å². The first-order valence-corrected chi connectivity index (χ1v) is 4.87. The summed E-state index contributed by atoms with van der Waals surface area (Å²) in [6.07, 6.45) is 2.93. The fraction of sp³-hybridized carbons (Fsp3) is 1.00. The van der Waals surface area contributed by atoms with E-state index in [0.717, 1.165) is 19.3 Å². The first-order chi connectivity index (χ1) is 6.07. The van der Waals surface area contributed by atoms with E-state index in [1.807, 2.05) is 6.92 Å². The molecule has 0 fully saturated rings. The monoisotopic (exact) mass is 189 g/mol. The zero-order valence-corrected chi connectivity index (χ0v) is 8.19. The van der Waals surface area contributed by atoms with E-state index in [2.05, 4.69) is 0 Å². The molecule has 0 aliphatic heterocycles. The summed E-state index contributed by atoms with van der Waals surface area (Å²) in [7, 11) is -1.22. The van der Waals surface area contributed by atoms with Gasteiger partial charge in [-0.3, -0.25) is 0 Å². The highest BCUT2D eigenvalue weighted by molar-refractivity contribution is 6.40. The summed E-state index contributed by atoms with van der Waals surface area (Å²) in [5.74, 6) is 0. The van der Waals surface area contributed by atoms with Crippen LogP contribution in [0.4, 0.5) is 0 Å². The largest absolute Gasteiger partial charge is 0.451 e. The minimum absolute atomic E-state index is 0.180. The molecule has 0 rings (SSSR count). The van der Waals surface area contributed by atoms with Crippen LogP contribution in [0.25, 0.3) is 0 Å². The number of aliphatic hydroxyl groups is 1. The fourth-order valence-corrected chi connectivity index (χ4v) is 1.20. The molecule has 0 aromatic carbocycles. The highest BCUT2D eigenvalue weighted by Crippen LogP contribution is 2.07. The number of rotatable bonds is 7. The number of hydrogen-bond acceptors (Lipinski definition) is 4. The molecule has 4 nitrogen and oxygen atoms in total. The van der Waals surface area contributed by atoms with Crippen LogP contribution in [0.15, 0.2) is 0 Å². The Bertz CT molecular complexity index is 124. The van der Waals surface area contributed by atoms with E-state index >= 15 is 0 Å². The summed E-state index contributed by atoms with van der Waals surface area (Å²) in [6.45, 7) is 1.89. The van der Waals surface area contributed by atoms with Gasteiger partial charge in [0, 0.05) is 6.04 Å². The molecule has 0 bridgehead atoms. The Morgan fingerprint density at radius 2 is 1.92 bits per heavy atom. The second-order valence-electron chi connectivity index (χ2n) is 3.40. The Hall–Kier alpha value is -0.0951.